The molecule has 0 aliphatic rings. The number of aryl methyl sites for hydroxylation is 1. The van der Waals surface area contributed by atoms with Crippen LogP contribution in [0.25, 0.3) is 0 Å². The fourth-order valence-electron chi connectivity index (χ4n) is 3.17. The molecular weight excluding hydrogens is 428 g/mol. The summed E-state index contributed by atoms with van der Waals surface area (Å²) in [6, 6.07) is 20.9. The molecule has 3 aromatic carbocycles. The van der Waals surface area contributed by atoms with Gasteiger partial charge in [-0.15, -0.1) is 0 Å². The van der Waals surface area contributed by atoms with Crippen molar-refractivity contribution in [2.75, 3.05) is 26.1 Å². The molecule has 0 aromatic heterocycles. The van der Waals surface area contributed by atoms with E-state index in [1.807, 2.05) is 30.3 Å². The number of carbonyl (C=O) groups is 1. The quantitative estimate of drug-likeness (QED) is 0.531. The van der Waals surface area contributed by atoms with Crippen LogP contribution in [0.5, 0.6) is 11.5 Å². The first-order valence-electron chi connectivity index (χ1n) is 9.96. The number of benzene rings is 3. The van der Waals surface area contributed by atoms with Crippen molar-refractivity contribution in [3.63, 3.8) is 0 Å². The van der Waals surface area contributed by atoms with E-state index in [2.05, 4.69) is 5.32 Å². The maximum absolute atomic E-state index is 13.6. The summed E-state index contributed by atoms with van der Waals surface area (Å²) in [6.45, 7) is 1.48. The number of methoxy groups -OCH3 is 2. The van der Waals surface area contributed by atoms with Gasteiger partial charge in [-0.05, 0) is 54.4 Å². The molecule has 0 fully saturated rings. The van der Waals surface area contributed by atoms with Gasteiger partial charge in [0.2, 0.25) is 15.9 Å². The number of hydrogen-bond donors (Lipinski definition) is 1. The number of nitrogens with one attached hydrogen (secondary N) is 1. The molecule has 7 nitrogen and oxygen atoms in total. The number of rotatable bonds is 9. The fourth-order valence-corrected chi connectivity index (χ4v) is 4.80. The minimum Gasteiger partial charge on any atom is -0.497 e. The van der Waals surface area contributed by atoms with Crippen LogP contribution in [-0.4, -0.2) is 39.4 Å². The van der Waals surface area contributed by atoms with Gasteiger partial charge in [-0.1, -0.05) is 36.4 Å². The zero-order valence-corrected chi connectivity index (χ0v) is 19.1. The van der Waals surface area contributed by atoms with Crippen molar-refractivity contribution in [1.82, 2.24) is 4.31 Å². The molecule has 0 heterocycles. The largest absolute Gasteiger partial charge is 0.497 e. The molecule has 3 aromatic rings. The van der Waals surface area contributed by atoms with Crippen LogP contribution in [0.2, 0.25) is 0 Å². The molecule has 0 aliphatic carbocycles. The topological polar surface area (TPSA) is 84.9 Å². The second-order valence-electron chi connectivity index (χ2n) is 7.19. The molecule has 32 heavy (non-hydrogen) atoms. The minimum atomic E-state index is -4.04. The molecule has 0 aliphatic heterocycles. The second kappa shape index (κ2) is 10.3. The third kappa shape index (κ3) is 5.66. The van der Waals surface area contributed by atoms with Crippen molar-refractivity contribution in [2.24, 2.45) is 0 Å². The lowest BCUT2D eigenvalue weighted by atomic mass is 10.2. The van der Waals surface area contributed by atoms with Gasteiger partial charge in [-0.3, -0.25) is 4.79 Å². The Morgan fingerprint density at radius 2 is 1.62 bits per heavy atom. The molecule has 0 saturated heterocycles. The maximum Gasteiger partial charge on any atom is 0.247 e. The molecule has 0 saturated carbocycles. The average Bonchev–Trinajstić information content (AvgIpc) is 2.79. The fraction of sp³-hybridized carbons (Fsp3) is 0.208. The number of ether oxygens (including phenoxy) is 2. The summed E-state index contributed by atoms with van der Waals surface area (Å²) in [7, 11) is -1.06. The molecular formula is C24H26N2O5S. The Morgan fingerprint density at radius 3 is 2.25 bits per heavy atom. The van der Waals surface area contributed by atoms with Gasteiger partial charge in [0.1, 0.15) is 16.4 Å². The first-order chi connectivity index (χ1) is 15.3. The van der Waals surface area contributed by atoms with E-state index >= 15 is 0 Å². The van der Waals surface area contributed by atoms with Crippen molar-refractivity contribution >= 4 is 21.6 Å². The van der Waals surface area contributed by atoms with Crippen molar-refractivity contribution in [3.05, 3.63) is 83.9 Å². The van der Waals surface area contributed by atoms with Gasteiger partial charge in [-0.2, -0.15) is 4.31 Å². The van der Waals surface area contributed by atoms with Crippen molar-refractivity contribution in [3.8, 4) is 11.5 Å². The number of carbonyl (C=O) groups excluding carboxylic acids is 1. The van der Waals surface area contributed by atoms with Crippen LogP contribution < -0.4 is 14.8 Å². The highest BCUT2D eigenvalue weighted by molar-refractivity contribution is 7.89. The van der Waals surface area contributed by atoms with Crippen LogP contribution in [0.1, 0.15) is 11.1 Å². The van der Waals surface area contributed by atoms with Gasteiger partial charge in [0.25, 0.3) is 0 Å². The molecule has 168 valence electrons. The Morgan fingerprint density at radius 1 is 0.938 bits per heavy atom. The zero-order chi connectivity index (χ0) is 23.1. The van der Waals surface area contributed by atoms with Crippen LogP contribution >= 0.6 is 0 Å². The van der Waals surface area contributed by atoms with Gasteiger partial charge >= 0.3 is 0 Å². The van der Waals surface area contributed by atoms with Gasteiger partial charge in [0, 0.05) is 12.2 Å². The summed E-state index contributed by atoms with van der Waals surface area (Å²) in [5.74, 6) is 0.424. The molecule has 0 bridgehead atoms. The van der Waals surface area contributed by atoms with Crippen molar-refractivity contribution in [2.45, 2.75) is 18.4 Å². The molecule has 0 unspecified atom stereocenters. The van der Waals surface area contributed by atoms with E-state index < -0.39 is 15.9 Å². The van der Waals surface area contributed by atoms with E-state index in [1.165, 1.54) is 7.11 Å². The summed E-state index contributed by atoms with van der Waals surface area (Å²) < 4.78 is 38.7. The summed E-state index contributed by atoms with van der Waals surface area (Å²) in [4.78, 5) is 12.8. The molecule has 0 atom stereocenters. The van der Waals surface area contributed by atoms with E-state index in [0.717, 1.165) is 15.4 Å². The van der Waals surface area contributed by atoms with Crippen LogP contribution in [0.4, 0.5) is 5.69 Å². The van der Waals surface area contributed by atoms with Gasteiger partial charge < -0.3 is 14.8 Å². The van der Waals surface area contributed by atoms with E-state index in [1.54, 1.807) is 56.5 Å². The predicted octanol–water partition coefficient (Wildman–Crippen LogP) is 3.84. The summed E-state index contributed by atoms with van der Waals surface area (Å²) in [5, 5.41) is 2.74. The first kappa shape index (κ1) is 23.3. The minimum absolute atomic E-state index is 0.0215. The highest BCUT2D eigenvalue weighted by Crippen LogP contribution is 2.29. The molecule has 1 amide bonds. The van der Waals surface area contributed by atoms with E-state index in [4.69, 9.17) is 9.47 Å². The van der Waals surface area contributed by atoms with Crippen molar-refractivity contribution in [1.29, 1.82) is 0 Å². The molecule has 0 spiro atoms. The number of hydrogen-bond acceptors (Lipinski definition) is 5. The monoisotopic (exact) mass is 454 g/mol. The van der Waals surface area contributed by atoms with Crippen LogP contribution in [-0.2, 0) is 21.4 Å². The molecule has 0 radical (unpaired) electrons. The summed E-state index contributed by atoms with van der Waals surface area (Å²) >= 11 is 0. The van der Waals surface area contributed by atoms with Crippen LogP contribution in [0, 0.1) is 6.92 Å². The predicted molar refractivity (Wildman–Crippen MR) is 123 cm³/mol. The average molecular weight is 455 g/mol. The Hall–Kier alpha value is -3.36. The maximum atomic E-state index is 13.6. The summed E-state index contributed by atoms with van der Waals surface area (Å²) in [6.07, 6.45) is 0. The zero-order valence-electron chi connectivity index (χ0n) is 18.2. The molecule has 3 rings (SSSR count). The Bertz CT molecular complexity index is 1160. The smallest absolute Gasteiger partial charge is 0.247 e. The lowest BCUT2D eigenvalue weighted by Crippen LogP contribution is -2.37. The lowest BCUT2D eigenvalue weighted by Gasteiger charge is -2.23. The van der Waals surface area contributed by atoms with Crippen molar-refractivity contribution < 1.29 is 22.7 Å². The normalized spacial score (nSPS) is 11.2. The van der Waals surface area contributed by atoms with Crippen LogP contribution in [0.3, 0.4) is 0 Å². The highest BCUT2D eigenvalue weighted by atomic mass is 32.2. The first-order valence-corrected chi connectivity index (χ1v) is 11.4. The van der Waals surface area contributed by atoms with Gasteiger partial charge in [0.15, 0.2) is 0 Å². The van der Waals surface area contributed by atoms with E-state index in [-0.39, 0.29) is 23.7 Å². The Labute approximate surface area is 188 Å². The molecule has 1 N–H and O–H groups in total. The van der Waals surface area contributed by atoms with Gasteiger partial charge in [0.05, 0.1) is 20.8 Å². The number of amides is 1. The molecule has 8 heteroatoms. The third-order valence-corrected chi connectivity index (χ3v) is 6.65. The second-order valence-corrected chi connectivity index (χ2v) is 9.10. The van der Waals surface area contributed by atoms with E-state index in [0.29, 0.717) is 11.4 Å². The Balaban J connectivity index is 1.91. The van der Waals surface area contributed by atoms with Crippen LogP contribution in [0.15, 0.2) is 77.7 Å². The number of anilines is 1. The number of nitrogens with zero attached hydrogens (tertiary/aromatic N) is 1. The number of sulfonamides is 1. The third-order valence-electron chi connectivity index (χ3n) is 4.83. The van der Waals surface area contributed by atoms with Gasteiger partial charge in [-0.25, -0.2) is 8.42 Å². The summed E-state index contributed by atoms with van der Waals surface area (Å²) in [5.41, 5.74) is 2.08. The van der Waals surface area contributed by atoms with E-state index in [9.17, 15) is 13.2 Å². The SMILES string of the molecule is COc1ccc(NC(=O)CN(Cc2ccccc2)S(=O)(=O)c2cc(C)ccc2OC)cc1. The Kier molecular flexibility index (Phi) is 7.50. The standard InChI is InChI=1S/C24H26N2O5S/c1-18-9-14-22(31-3)23(15-18)32(28,29)26(16-19-7-5-4-6-8-19)17-24(27)25-20-10-12-21(30-2)13-11-20/h4-15H,16-17H2,1-3H3,(H,25,27). The highest BCUT2D eigenvalue weighted by Gasteiger charge is 2.30. The lowest BCUT2D eigenvalue weighted by molar-refractivity contribution is -0.116.